The third-order valence-electron chi connectivity index (χ3n) is 6.04. The smallest absolute Gasteiger partial charge is 0.119 e. The Morgan fingerprint density at radius 3 is 2.15 bits per heavy atom. The van der Waals surface area contributed by atoms with Crippen molar-refractivity contribution in [2.75, 3.05) is 13.2 Å². The van der Waals surface area contributed by atoms with Gasteiger partial charge in [-0.05, 0) is 66.0 Å². The van der Waals surface area contributed by atoms with E-state index < -0.39 is 0 Å². The molecule has 1 heterocycles. The van der Waals surface area contributed by atoms with E-state index in [2.05, 4.69) is 57.2 Å². The van der Waals surface area contributed by atoms with Gasteiger partial charge in [0.2, 0.25) is 0 Å². The summed E-state index contributed by atoms with van der Waals surface area (Å²) in [6, 6.07) is 16.5. The number of hydrogen-bond acceptors (Lipinski definition) is 3. The van der Waals surface area contributed by atoms with Crippen molar-refractivity contribution in [1.29, 1.82) is 0 Å². The number of aromatic hydroxyl groups is 1. The van der Waals surface area contributed by atoms with E-state index in [4.69, 9.17) is 9.47 Å². The maximum Gasteiger partial charge on any atom is 0.119 e. The fourth-order valence-electron chi connectivity index (χ4n) is 5.18. The first kappa shape index (κ1) is 18.4. The van der Waals surface area contributed by atoms with Gasteiger partial charge in [0.05, 0.1) is 6.61 Å². The Labute approximate surface area is 162 Å². The highest BCUT2D eigenvalue weighted by Gasteiger charge is 2.45. The topological polar surface area (TPSA) is 42.0 Å². The van der Waals surface area contributed by atoms with Crippen LogP contribution in [0.25, 0.3) is 0 Å². The van der Waals surface area contributed by atoms with E-state index in [1.807, 2.05) is 12.1 Å². The first-order chi connectivity index (χ1) is 12.9. The third-order valence-corrected chi connectivity index (χ3v) is 6.04. The summed E-state index contributed by atoms with van der Waals surface area (Å²) in [7, 11) is 0. The predicted molar refractivity (Wildman–Crippen MR) is 107 cm³/mol. The van der Waals surface area contributed by atoms with Crippen molar-refractivity contribution < 1.29 is 14.6 Å². The molecule has 0 bridgehead atoms. The molecule has 27 heavy (non-hydrogen) atoms. The second-order valence-electron chi connectivity index (χ2n) is 9.27. The van der Waals surface area contributed by atoms with E-state index in [9.17, 15) is 5.11 Å². The molecule has 2 aliphatic rings. The van der Waals surface area contributed by atoms with Crippen LogP contribution in [0.3, 0.4) is 0 Å². The molecule has 3 heteroatoms. The zero-order valence-electron chi connectivity index (χ0n) is 16.6. The van der Waals surface area contributed by atoms with E-state index in [0.29, 0.717) is 18.3 Å². The first-order valence-electron chi connectivity index (χ1n) is 10.0. The van der Waals surface area contributed by atoms with Gasteiger partial charge in [0, 0.05) is 5.41 Å². The Morgan fingerprint density at radius 1 is 1.00 bits per heavy atom. The van der Waals surface area contributed by atoms with Gasteiger partial charge in [-0.25, -0.2) is 0 Å². The van der Waals surface area contributed by atoms with Crippen LogP contribution in [0.5, 0.6) is 11.5 Å². The molecule has 1 N–H and O–H groups in total. The van der Waals surface area contributed by atoms with E-state index in [-0.39, 0.29) is 16.9 Å². The predicted octanol–water partition coefficient (Wildman–Crippen LogP) is 5.30. The zero-order chi connectivity index (χ0) is 19.1. The van der Waals surface area contributed by atoms with E-state index in [1.165, 1.54) is 17.5 Å². The van der Waals surface area contributed by atoms with Crippen molar-refractivity contribution in [2.45, 2.75) is 51.6 Å². The number of benzene rings is 2. The van der Waals surface area contributed by atoms with Crippen LogP contribution in [0.15, 0.2) is 48.5 Å². The molecule has 1 aliphatic carbocycles. The molecular weight excluding hydrogens is 336 g/mol. The molecule has 3 atom stereocenters. The van der Waals surface area contributed by atoms with Gasteiger partial charge in [-0.15, -0.1) is 0 Å². The standard InChI is InChI=1S/C24H30O3/c1-17-12-23(2,3)16-24(13-17,18-4-8-20(25)9-5-18)19-6-10-21(11-7-19)26-14-22-15-27-22/h4-11,17,22,25H,12-16H2,1-3H3. The van der Waals surface area contributed by atoms with Crippen LogP contribution in [0, 0.1) is 11.3 Å². The van der Waals surface area contributed by atoms with Gasteiger partial charge < -0.3 is 14.6 Å². The highest BCUT2D eigenvalue weighted by atomic mass is 16.6. The van der Waals surface area contributed by atoms with Crippen LogP contribution in [-0.4, -0.2) is 24.4 Å². The lowest BCUT2D eigenvalue weighted by Crippen LogP contribution is -2.41. The molecule has 2 aromatic carbocycles. The number of phenolic OH excluding ortho intramolecular Hbond substituents is 1. The minimum Gasteiger partial charge on any atom is -0.508 e. The Morgan fingerprint density at radius 2 is 1.59 bits per heavy atom. The second-order valence-corrected chi connectivity index (χ2v) is 9.27. The normalized spacial score (nSPS) is 29.3. The average molecular weight is 367 g/mol. The molecule has 0 amide bonds. The summed E-state index contributed by atoms with van der Waals surface area (Å²) in [5, 5.41) is 9.78. The number of hydrogen-bond donors (Lipinski definition) is 1. The molecule has 3 unspecified atom stereocenters. The van der Waals surface area contributed by atoms with Crippen molar-refractivity contribution in [3.63, 3.8) is 0 Å². The van der Waals surface area contributed by atoms with Crippen LogP contribution in [0.2, 0.25) is 0 Å². The van der Waals surface area contributed by atoms with Gasteiger partial charge in [0.25, 0.3) is 0 Å². The van der Waals surface area contributed by atoms with Crippen molar-refractivity contribution >= 4 is 0 Å². The van der Waals surface area contributed by atoms with Gasteiger partial charge in [-0.2, -0.15) is 0 Å². The summed E-state index contributed by atoms with van der Waals surface area (Å²) >= 11 is 0. The van der Waals surface area contributed by atoms with E-state index >= 15 is 0 Å². The van der Waals surface area contributed by atoms with Crippen molar-refractivity contribution in [3.05, 3.63) is 59.7 Å². The molecular formula is C24H30O3. The van der Waals surface area contributed by atoms with Crippen molar-refractivity contribution in [1.82, 2.24) is 0 Å². The fraction of sp³-hybridized carbons (Fsp3) is 0.500. The summed E-state index contributed by atoms with van der Waals surface area (Å²) in [5.74, 6) is 1.87. The Bertz CT molecular complexity index is 774. The van der Waals surface area contributed by atoms with Crippen LogP contribution in [-0.2, 0) is 10.2 Å². The number of rotatable bonds is 5. The Kier molecular flexibility index (Phi) is 4.67. The van der Waals surface area contributed by atoms with Gasteiger partial charge in [-0.1, -0.05) is 45.0 Å². The summed E-state index contributed by atoms with van der Waals surface area (Å²) in [5.41, 5.74) is 2.86. The number of phenols is 1. The lowest BCUT2D eigenvalue weighted by Gasteiger charge is -2.48. The molecule has 0 aromatic heterocycles. The van der Waals surface area contributed by atoms with Gasteiger partial charge in [0.15, 0.2) is 0 Å². The molecule has 144 valence electrons. The van der Waals surface area contributed by atoms with Crippen LogP contribution >= 0.6 is 0 Å². The molecule has 3 nitrogen and oxygen atoms in total. The van der Waals surface area contributed by atoms with Crippen LogP contribution < -0.4 is 4.74 Å². The fourth-order valence-corrected chi connectivity index (χ4v) is 5.18. The molecule has 1 saturated heterocycles. The largest absolute Gasteiger partial charge is 0.508 e. The third kappa shape index (κ3) is 3.98. The minimum atomic E-state index is -0.0347. The second kappa shape index (κ2) is 6.87. The lowest BCUT2D eigenvalue weighted by atomic mass is 9.55. The summed E-state index contributed by atoms with van der Waals surface area (Å²) in [6.45, 7) is 8.57. The van der Waals surface area contributed by atoms with E-state index in [1.54, 1.807) is 0 Å². The molecule has 0 spiro atoms. The Hall–Kier alpha value is -2.00. The SMILES string of the molecule is CC1CC(C)(C)CC(c2ccc(O)cc2)(c2ccc(OCC3CO3)cc2)C1. The zero-order valence-corrected chi connectivity index (χ0v) is 16.6. The van der Waals surface area contributed by atoms with Gasteiger partial charge in [0.1, 0.15) is 24.2 Å². The monoisotopic (exact) mass is 366 g/mol. The van der Waals surface area contributed by atoms with Crippen LogP contribution in [0.4, 0.5) is 0 Å². The Balaban J connectivity index is 1.69. The first-order valence-corrected chi connectivity index (χ1v) is 10.0. The highest BCUT2D eigenvalue weighted by Crippen LogP contribution is 2.53. The summed E-state index contributed by atoms with van der Waals surface area (Å²) in [4.78, 5) is 0. The number of ether oxygens (including phenoxy) is 2. The summed E-state index contributed by atoms with van der Waals surface area (Å²) in [6.07, 6.45) is 3.74. The number of epoxide rings is 1. The maximum absolute atomic E-state index is 9.78. The van der Waals surface area contributed by atoms with Crippen molar-refractivity contribution in [2.24, 2.45) is 11.3 Å². The molecule has 4 rings (SSSR count). The van der Waals surface area contributed by atoms with E-state index in [0.717, 1.165) is 25.2 Å². The van der Waals surface area contributed by atoms with Crippen molar-refractivity contribution in [3.8, 4) is 11.5 Å². The minimum absolute atomic E-state index is 0.0347. The maximum atomic E-state index is 9.78. The van der Waals surface area contributed by atoms with Gasteiger partial charge >= 0.3 is 0 Å². The lowest BCUT2D eigenvalue weighted by molar-refractivity contribution is 0.127. The highest BCUT2D eigenvalue weighted by molar-refractivity contribution is 5.44. The summed E-state index contributed by atoms with van der Waals surface area (Å²) < 4.78 is 11.1. The molecule has 1 aliphatic heterocycles. The molecule has 0 radical (unpaired) electrons. The average Bonchev–Trinajstić information content (AvgIpc) is 3.43. The molecule has 2 fully saturated rings. The van der Waals surface area contributed by atoms with Crippen LogP contribution in [0.1, 0.15) is 51.2 Å². The quantitative estimate of drug-likeness (QED) is 0.730. The van der Waals surface area contributed by atoms with Gasteiger partial charge in [-0.3, -0.25) is 0 Å². The molecule has 2 aromatic rings. The molecule has 1 saturated carbocycles.